The molecule has 0 radical (unpaired) electrons. The number of carbonyl (C=O) groups is 2. The van der Waals surface area contributed by atoms with Crippen LogP contribution in [0.15, 0.2) is 24.3 Å². The first kappa shape index (κ1) is 14.3. The Morgan fingerprint density at radius 1 is 1.30 bits per heavy atom. The van der Waals surface area contributed by atoms with Crippen molar-refractivity contribution in [3.8, 4) is 0 Å². The zero-order valence-electron chi connectivity index (χ0n) is 11.2. The number of anilines is 1. The predicted octanol–water partition coefficient (Wildman–Crippen LogP) is 1.08. The van der Waals surface area contributed by atoms with E-state index >= 15 is 0 Å². The molecule has 3 amide bonds. The van der Waals surface area contributed by atoms with Crippen LogP contribution < -0.4 is 16.0 Å². The van der Waals surface area contributed by atoms with Gasteiger partial charge in [0, 0.05) is 30.4 Å². The van der Waals surface area contributed by atoms with Crippen LogP contribution in [0.5, 0.6) is 0 Å². The summed E-state index contributed by atoms with van der Waals surface area (Å²) in [5.41, 5.74) is 1.10. The molecule has 0 bridgehead atoms. The lowest BCUT2D eigenvalue weighted by Crippen LogP contribution is -2.30. The molecule has 2 rings (SSSR count). The highest BCUT2D eigenvalue weighted by Crippen LogP contribution is 2.20. The van der Waals surface area contributed by atoms with E-state index in [0.717, 1.165) is 12.8 Å². The molecular formula is C14H19N3O3. The van der Waals surface area contributed by atoms with Gasteiger partial charge >= 0.3 is 6.03 Å². The van der Waals surface area contributed by atoms with Crippen LogP contribution in [0.2, 0.25) is 0 Å². The van der Waals surface area contributed by atoms with Crippen molar-refractivity contribution in [3.05, 3.63) is 29.8 Å². The van der Waals surface area contributed by atoms with Crippen LogP contribution in [-0.2, 0) is 0 Å². The maximum absolute atomic E-state index is 11.9. The maximum Gasteiger partial charge on any atom is 0.319 e. The third-order valence-corrected chi connectivity index (χ3v) is 2.92. The molecule has 0 saturated heterocycles. The molecule has 4 N–H and O–H groups in total. The molecule has 1 aromatic carbocycles. The van der Waals surface area contributed by atoms with E-state index < -0.39 is 0 Å². The molecule has 0 spiro atoms. The van der Waals surface area contributed by atoms with Gasteiger partial charge in [-0.25, -0.2) is 4.79 Å². The van der Waals surface area contributed by atoms with E-state index in [1.807, 2.05) is 0 Å². The minimum absolute atomic E-state index is 0.0388. The van der Waals surface area contributed by atoms with Crippen molar-refractivity contribution < 1.29 is 14.7 Å². The first-order valence-corrected chi connectivity index (χ1v) is 6.75. The summed E-state index contributed by atoms with van der Waals surface area (Å²) < 4.78 is 0. The van der Waals surface area contributed by atoms with Crippen LogP contribution in [-0.4, -0.2) is 36.2 Å². The summed E-state index contributed by atoms with van der Waals surface area (Å²) in [5, 5.41) is 16.8. The Morgan fingerprint density at radius 2 is 2.10 bits per heavy atom. The van der Waals surface area contributed by atoms with Gasteiger partial charge in [0.25, 0.3) is 5.91 Å². The number of hydrogen-bond donors (Lipinski definition) is 4. The Labute approximate surface area is 117 Å². The van der Waals surface area contributed by atoms with Gasteiger partial charge in [-0.3, -0.25) is 4.79 Å². The van der Waals surface area contributed by atoms with Crippen LogP contribution in [0.1, 0.15) is 29.6 Å². The fraction of sp³-hybridized carbons (Fsp3) is 0.429. The number of urea groups is 1. The molecule has 1 aromatic rings. The van der Waals surface area contributed by atoms with E-state index in [1.54, 1.807) is 24.3 Å². The smallest absolute Gasteiger partial charge is 0.319 e. The van der Waals surface area contributed by atoms with Crippen LogP contribution >= 0.6 is 0 Å². The zero-order valence-corrected chi connectivity index (χ0v) is 11.2. The lowest BCUT2D eigenvalue weighted by molar-refractivity contribution is 0.0951. The van der Waals surface area contributed by atoms with Crippen molar-refractivity contribution in [3.63, 3.8) is 0 Å². The molecule has 6 nitrogen and oxygen atoms in total. The van der Waals surface area contributed by atoms with Gasteiger partial charge < -0.3 is 21.1 Å². The summed E-state index contributed by atoms with van der Waals surface area (Å²) in [6.45, 7) is 0.446. The van der Waals surface area contributed by atoms with E-state index in [0.29, 0.717) is 30.3 Å². The minimum atomic E-state index is -0.349. The van der Waals surface area contributed by atoms with Gasteiger partial charge in [0.1, 0.15) is 0 Å². The first-order valence-electron chi connectivity index (χ1n) is 6.75. The third-order valence-electron chi connectivity index (χ3n) is 2.92. The molecular weight excluding hydrogens is 258 g/mol. The van der Waals surface area contributed by atoms with Gasteiger partial charge in [0.15, 0.2) is 0 Å². The number of aliphatic hydroxyl groups excluding tert-OH is 1. The number of aliphatic hydroxyl groups is 1. The van der Waals surface area contributed by atoms with E-state index in [2.05, 4.69) is 16.0 Å². The lowest BCUT2D eigenvalue weighted by Gasteiger charge is -2.09. The standard InChI is InChI=1S/C14H19N3O3/c18-8-2-7-15-14(20)17-12-4-1-3-10(9-12)13(19)16-11-5-6-11/h1,3-4,9,11,18H,2,5-8H2,(H,16,19)(H2,15,17,20). The second-order valence-corrected chi connectivity index (χ2v) is 4.79. The van der Waals surface area contributed by atoms with Crippen LogP contribution in [0.25, 0.3) is 0 Å². The number of rotatable bonds is 6. The van der Waals surface area contributed by atoms with Gasteiger partial charge in [0.2, 0.25) is 0 Å². The number of amides is 3. The highest BCUT2D eigenvalue weighted by atomic mass is 16.3. The SMILES string of the molecule is O=C(NCCCO)Nc1cccc(C(=O)NC2CC2)c1. The molecule has 1 saturated carbocycles. The predicted molar refractivity (Wildman–Crippen MR) is 75.7 cm³/mol. The molecule has 0 heterocycles. The average molecular weight is 277 g/mol. The molecule has 6 heteroatoms. The molecule has 0 aromatic heterocycles. The van der Waals surface area contributed by atoms with Crippen LogP contribution in [0.3, 0.4) is 0 Å². The molecule has 108 valence electrons. The Kier molecular flexibility index (Phi) is 4.95. The summed E-state index contributed by atoms with van der Waals surface area (Å²) in [6.07, 6.45) is 2.59. The van der Waals surface area contributed by atoms with Gasteiger partial charge in [0.05, 0.1) is 0 Å². The van der Waals surface area contributed by atoms with E-state index in [4.69, 9.17) is 5.11 Å². The monoisotopic (exact) mass is 277 g/mol. The van der Waals surface area contributed by atoms with Gasteiger partial charge in [-0.2, -0.15) is 0 Å². The first-order chi connectivity index (χ1) is 9.69. The molecule has 1 aliphatic carbocycles. The second kappa shape index (κ2) is 6.91. The molecule has 0 aliphatic heterocycles. The van der Waals surface area contributed by atoms with Crippen molar-refractivity contribution >= 4 is 17.6 Å². The normalized spacial score (nSPS) is 13.7. The van der Waals surface area contributed by atoms with Crippen molar-refractivity contribution in [1.29, 1.82) is 0 Å². The minimum Gasteiger partial charge on any atom is -0.396 e. The Morgan fingerprint density at radius 3 is 2.80 bits per heavy atom. The van der Waals surface area contributed by atoms with Crippen LogP contribution in [0, 0.1) is 0 Å². The summed E-state index contributed by atoms with van der Waals surface area (Å²) >= 11 is 0. The number of benzene rings is 1. The Bertz CT molecular complexity index is 486. The summed E-state index contributed by atoms with van der Waals surface area (Å²) in [5.74, 6) is -0.114. The van der Waals surface area contributed by atoms with E-state index in [9.17, 15) is 9.59 Å². The van der Waals surface area contributed by atoms with Gasteiger partial charge in [-0.15, -0.1) is 0 Å². The third kappa shape index (κ3) is 4.55. The van der Waals surface area contributed by atoms with Crippen molar-refractivity contribution in [2.45, 2.75) is 25.3 Å². The molecule has 1 fully saturated rings. The van der Waals surface area contributed by atoms with Crippen molar-refractivity contribution in [2.24, 2.45) is 0 Å². The molecule has 0 unspecified atom stereocenters. The number of nitrogens with one attached hydrogen (secondary N) is 3. The van der Waals surface area contributed by atoms with E-state index in [-0.39, 0.29) is 18.5 Å². The largest absolute Gasteiger partial charge is 0.396 e. The maximum atomic E-state index is 11.9. The summed E-state index contributed by atoms with van der Waals surface area (Å²) in [6, 6.07) is 6.76. The van der Waals surface area contributed by atoms with Crippen molar-refractivity contribution in [1.82, 2.24) is 10.6 Å². The van der Waals surface area contributed by atoms with Crippen molar-refractivity contribution in [2.75, 3.05) is 18.5 Å². The lowest BCUT2D eigenvalue weighted by atomic mass is 10.2. The fourth-order valence-corrected chi connectivity index (χ4v) is 1.69. The Balaban J connectivity index is 1.88. The van der Waals surface area contributed by atoms with Crippen LogP contribution in [0.4, 0.5) is 10.5 Å². The average Bonchev–Trinajstić information content (AvgIpc) is 3.23. The molecule has 20 heavy (non-hydrogen) atoms. The fourth-order valence-electron chi connectivity index (χ4n) is 1.69. The quantitative estimate of drug-likeness (QED) is 0.587. The Hall–Kier alpha value is -2.08. The highest BCUT2D eigenvalue weighted by molar-refractivity contribution is 5.97. The summed E-state index contributed by atoms with van der Waals surface area (Å²) in [7, 11) is 0. The van der Waals surface area contributed by atoms with Gasteiger partial charge in [-0.05, 0) is 37.5 Å². The molecule has 1 aliphatic rings. The topological polar surface area (TPSA) is 90.5 Å². The number of carbonyl (C=O) groups excluding carboxylic acids is 2. The second-order valence-electron chi connectivity index (χ2n) is 4.79. The van der Waals surface area contributed by atoms with E-state index in [1.165, 1.54) is 0 Å². The summed E-state index contributed by atoms with van der Waals surface area (Å²) in [4.78, 5) is 23.4. The highest BCUT2D eigenvalue weighted by Gasteiger charge is 2.23. The number of hydrogen-bond acceptors (Lipinski definition) is 3. The molecule has 0 atom stereocenters. The zero-order chi connectivity index (χ0) is 14.4. The van der Waals surface area contributed by atoms with Gasteiger partial charge in [-0.1, -0.05) is 6.07 Å².